The number of benzene rings is 2. The first kappa shape index (κ1) is 24.5. The lowest BCUT2D eigenvalue weighted by Crippen LogP contribution is -2.33. The molecule has 0 unspecified atom stereocenters. The molecule has 0 aromatic heterocycles. The van der Waals surface area contributed by atoms with Gasteiger partial charge in [-0.1, -0.05) is 17.7 Å². The number of ether oxygens (including phenoxy) is 2. The molecule has 0 radical (unpaired) electrons. The Bertz CT molecular complexity index is 890. The quantitative estimate of drug-likeness (QED) is 0.365. The van der Waals surface area contributed by atoms with Crippen molar-refractivity contribution < 1.29 is 40.2 Å². The molecule has 12 heteroatoms. The second-order valence-corrected chi connectivity index (χ2v) is 6.80. The highest BCUT2D eigenvalue weighted by Crippen LogP contribution is 2.30. The predicted octanol–water partition coefficient (Wildman–Crippen LogP) is 6.02. The van der Waals surface area contributed by atoms with Crippen LogP contribution in [0.15, 0.2) is 42.5 Å². The molecule has 4 nitrogen and oxygen atoms in total. The van der Waals surface area contributed by atoms with Gasteiger partial charge in [0.25, 0.3) is 0 Å². The number of alkyl halides is 7. The molecule has 0 heterocycles. The summed E-state index contributed by atoms with van der Waals surface area (Å²) in [6.07, 6.45) is -8.63. The third kappa shape index (κ3) is 8.48. The van der Waals surface area contributed by atoms with Crippen LogP contribution < -0.4 is 20.1 Å². The van der Waals surface area contributed by atoms with Gasteiger partial charge in [-0.05, 0) is 31.3 Å². The summed E-state index contributed by atoms with van der Waals surface area (Å²) in [4.78, 5) is 0. The molecule has 2 aromatic rings. The van der Waals surface area contributed by atoms with E-state index in [-0.39, 0.29) is 10.8 Å². The fourth-order valence-corrected chi connectivity index (χ4v) is 2.38. The van der Waals surface area contributed by atoms with Crippen LogP contribution in [-0.4, -0.2) is 36.9 Å². The number of hydrogen-bond acceptors (Lipinski definition) is 3. The van der Waals surface area contributed by atoms with Crippen molar-refractivity contribution in [1.29, 1.82) is 0 Å². The fourth-order valence-electron chi connectivity index (χ4n) is 2.15. The van der Waals surface area contributed by atoms with Crippen molar-refractivity contribution in [2.24, 2.45) is 0 Å². The van der Waals surface area contributed by atoms with Crippen LogP contribution in [0.1, 0.15) is 5.56 Å². The third-order valence-corrected chi connectivity index (χ3v) is 3.80. The molecule has 0 saturated carbocycles. The minimum atomic E-state index is -4.66. The van der Waals surface area contributed by atoms with Gasteiger partial charge in [-0.3, -0.25) is 0 Å². The summed E-state index contributed by atoms with van der Waals surface area (Å²) in [5.74, 6) is -5.25. The lowest BCUT2D eigenvalue weighted by atomic mass is 10.2. The Hall–Kier alpha value is -2.76. The van der Waals surface area contributed by atoms with Gasteiger partial charge in [0.15, 0.2) is 18.3 Å². The first-order chi connectivity index (χ1) is 14.3. The van der Waals surface area contributed by atoms with E-state index in [1.54, 1.807) is 12.1 Å². The molecule has 0 fully saturated rings. The van der Waals surface area contributed by atoms with Crippen molar-refractivity contribution in [2.75, 3.05) is 23.8 Å². The monoisotopic (exact) mass is 470 g/mol. The molecule has 170 valence electrons. The van der Waals surface area contributed by atoms with E-state index in [0.29, 0.717) is 5.69 Å². The molecule has 0 aliphatic rings. The summed E-state index contributed by atoms with van der Waals surface area (Å²) in [5, 5.41) is 5.50. The van der Waals surface area contributed by atoms with E-state index < -0.39 is 43.2 Å². The van der Waals surface area contributed by atoms with Crippen LogP contribution in [-0.2, 0) is 0 Å². The van der Waals surface area contributed by atoms with Crippen LogP contribution in [0.5, 0.6) is 11.5 Å². The normalized spacial score (nSPS) is 11.9. The van der Waals surface area contributed by atoms with Crippen LogP contribution in [0.4, 0.5) is 42.1 Å². The SMILES string of the molecule is Cc1ccc(NC(=S)Nc2cc(OCC(F)(F)F)cc(OCC(F)(F)C(F)F)c2)cc1. The van der Waals surface area contributed by atoms with Crippen LogP contribution >= 0.6 is 12.2 Å². The minimum Gasteiger partial charge on any atom is -0.487 e. The molecular weight excluding hydrogens is 453 g/mol. The molecule has 0 atom stereocenters. The Morgan fingerprint density at radius 2 is 1.39 bits per heavy atom. The standard InChI is InChI=1S/C19H17F7N2O2S/c1-11-2-4-12(5-3-11)27-17(31)28-13-6-14(29-9-18(22,23)16(20)21)8-15(7-13)30-10-19(24,25)26/h2-8,16H,9-10H2,1H3,(H2,27,28,31). The second-order valence-electron chi connectivity index (χ2n) is 6.39. The topological polar surface area (TPSA) is 42.5 Å². The summed E-state index contributed by atoms with van der Waals surface area (Å²) in [6.45, 7) is -1.46. The van der Waals surface area contributed by atoms with Crippen molar-refractivity contribution in [3.05, 3.63) is 48.0 Å². The van der Waals surface area contributed by atoms with Gasteiger partial charge in [0.2, 0.25) is 0 Å². The Morgan fingerprint density at radius 1 is 0.871 bits per heavy atom. The van der Waals surface area contributed by atoms with E-state index in [0.717, 1.165) is 23.8 Å². The lowest BCUT2D eigenvalue weighted by molar-refractivity contribution is -0.153. The average molecular weight is 470 g/mol. The van der Waals surface area contributed by atoms with Crippen molar-refractivity contribution in [2.45, 2.75) is 25.4 Å². The number of hydrogen-bond donors (Lipinski definition) is 2. The Labute approximate surface area is 178 Å². The van der Waals surface area contributed by atoms with Crippen LogP contribution in [0.25, 0.3) is 0 Å². The van der Waals surface area contributed by atoms with Gasteiger partial charge < -0.3 is 20.1 Å². The van der Waals surface area contributed by atoms with Crippen LogP contribution in [0.3, 0.4) is 0 Å². The minimum absolute atomic E-state index is 0.0275. The predicted molar refractivity (Wildman–Crippen MR) is 105 cm³/mol. The summed E-state index contributed by atoms with van der Waals surface area (Å²) in [5.41, 5.74) is 1.64. The Morgan fingerprint density at radius 3 is 1.90 bits per heavy atom. The van der Waals surface area contributed by atoms with E-state index in [4.69, 9.17) is 12.2 Å². The first-order valence-corrected chi connectivity index (χ1v) is 9.03. The van der Waals surface area contributed by atoms with Crippen molar-refractivity contribution in [1.82, 2.24) is 0 Å². The average Bonchev–Trinajstić information content (AvgIpc) is 2.66. The highest BCUT2D eigenvalue weighted by molar-refractivity contribution is 7.80. The molecule has 0 amide bonds. The molecule has 0 saturated heterocycles. The van der Waals surface area contributed by atoms with E-state index in [2.05, 4.69) is 20.1 Å². The highest BCUT2D eigenvalue weighted by atomic mass is 32.1. The lowest BCUT2D eigenvalue weighted by Gasteiger charge is -2.18. The number of aryl methyl sites for hydroxylation is 1. The molecule has 2 rings (SSSR count). The zero-order valence-corrected chi connectivity index (χ0v) is 16.7. The molecule has 2 N–H and O–H groups in total. The number of anilines is 2. The van der Waals surface area contributed by atoms with Gasteiger partial charge in [-0.2, -0.15) is 22.0 Å². The van der Waals surface area contributed by atoms with Crippen molar-refractivity contribution in [3.63, 3.8) is 0 Å². The molecular formula is C19H17F7N2O2S. The largest absolute Gasteiger partial charge is 0.487 e. The van der Waals surface area contributed by atoms with E-state index in [9.17, 15) is 30.7 Å². The van der Waals surface area contributed by atoms with Gasteiger partial charge in [0.1, 0.15) is 11.5 Å². The zero-order valence-electron chi connectivity index (χ0n) is 15.9. The number of halogens is 7. The molecule has 0 spiro atoms. The van der Waals surface area contributed by atoms with Crippen LogP contribution in [0.2, 0.25) is 0 Å². The van der Waals surface area contributed by atoms with Crippen molar-refractivity contribution in [3.8, 4) is 11.5 Å². The Balaban J connectivity index is 2.16. The summed E-state index contributed by atoms with van der Waals surface area (Å²) < 4.78 is 97.4. The van der Waals surface area contributed by atoms with E-state index in [1.807, 2.05) is 19.1 Å². The maximum atomic E-state index is 13.1. The van der Waals surface area contributed by atoms with E-state index >= 15 is 0 Å². The molecule has 0 aliphatic heterocycles. The zero-order chi connectivity index (χ0) is 23.2. The molecule has 0 aliphatic carbocycles. The summed E-state index contributed by atoms with van der Waals surface area (Å²) in [7, 11) is 0. The second kappa shape index (κ2) is 10.0. The van der Waals surface area contributed by atoms with Gasteiger partial charge in [0, 0.05) is 29.6 Å². The van der Waals surface area contributed by atoms with Gasteiger partial charge in [0.05, 0.1) is 0 Å². The Kier molecular flexibility index (Phi) is 7.93. The maximum absolute atomic E-state index is 13.1. The fraction of sp³-hybridized carbons (Fsp3) is 0.316. The van der Waals surface area contributed by atoms with E-state index in [1.165, 1.54) is 0 Å². The number of nitrogens with one attached hydrogen (secondary N) is 2. The van der Waals surface area contributed by atoms with Crippen molar-refractivity contribution >= 4 is 28.7 Å². The summed E-state index contributed by atoms with van der Waals surface area (Å²) >= 11 is 5.12. The maximum Gasteiger partial charge on any atom is 0.422 e. The van der Waals surface area contributed by atoms with Gasteiger partial charge in [-0.25, -0.2) is 8.78 Å². The first-order valence-electron chi connectivity index (χ1n) is 8.62. The van der Waals surface area contributed by atoms with Crippen LogP contribution in [0, 0.1) is 6.92 Å². The van der Waals surface area contributed by atoms with Gasteiger partial charge >= 0.3 is 18.5 Å². The molecule has 31 heavy (non-hydrogen) atoms. The number of thiocarbonyl (C=S) groups is 1. The molecule has 0 bridgehead atoms. The highest BCUT2D eigenvalue weighted by Gasteiger charge is 2.41. The smallest absolute Gasteiger partial charge is 0.422 e. The summed E-state index contributed by atoms with van der Waals surface area (Å²) in [6, 6.07) is 10.2. The third-order valence-electron chi connectivity index (χ3n) is 3.60. The van der Waals surface area contributed by atoms with Gasteiger partial charge in [-0.15, -0.1) is 0 Å². The molecule has 2 aromatic carbocycles. The number of rotatable bonds is 8.